The molecule has 5 rings (SSSR count). The van der Waals surface area contributed by atoms with Crippen LogP contribution in [0.15, 0.2) is 30.5 Å². The van der Waals surface area contributed by atoms with Gasteiger partial charge in [-0.2, -0.15) is 0 Å². The van der Waals surface area contributed by atoms with E-state index in [4.69, 9.17) is 15.2 Å². The molecule has 0 bridgehead atoms. The number of nitrogens with zero attached hydrogens (tertiary/aromatic N) is 1. The molecule has 0 spiro atoms. The number of amides is 1. The van der Waals surface area contributed by atoms with Gasteiger partial charge in [0.05, 0.1) is 6.04 Å². The van der Waals surface area contributed by atoms with Gasteiger partial charge in [-0.3, -0.25) is 4.79 Å². The van der Waals surface area contributed by atoms with Crippen molar-refractivity contribution in [2.24, 2.45) is 5.73 Å². The maximum absolute atomic E-state index is 11.5. The fourth-order valence-electron chi connectivity index (χ4n) is 3.43. The number of carbonyl (C=O) groups excluding carboxylic acids is 1. The summed E-state index contributed by atoms with van der Waals surface area (Å²) in [6, 6.07) is 7.75. The molecule has 0 saturated heterocycles. The maximum Gasteiger partial charge on any atom is 0.225 e. The number of carbonyl (C=O) groups is 1. The molecule has 0 radical (unpaired) electrons. The van der Waals surface area contributed by atoms with Crippen LogP contribution in [0.4, 0.5) is 5.82 Å². The number of aromatic nitrogens is 1. The molecule has 3 heterocycles. The van der Waals surface area contributed by atoms with Crippen LogP contribution in [0.3, 0.4) is 0 Å². The van der Waals surface area contributed by atoms with Crippen LogP contribution in [-0.4, -0.2) is 23.0 Å². The Balaban J connectivity index is 0.00000146. The predicted octanol–water partition coefficient (Wildman–Crippen LogP) is 2.37. The fourth-order valence-corrected chi connectivity index (χ4v) is 3.43. The molecule has 0 unspecified atom stereocenters. The Hall–Kier alpha value is -2.31. The summed E-state index contributed by atoms with van der Waals surface area (Å²) in [5.74, 6) is 3.25. The maximum atomic E-state index is 11.5. The summed E-state index contributed by atoms with van der Waals surface area (Å²) >= 11 is 0. The number of hydrogen-bond acceptors (Lipinski definition) is 5. The van der Waals surface area contributed by atoms with Crippen molar-refractivity contribution >= 4 is 24.1 Å². The number of hydrogen-bond donors (Lipinski definition) is 2. The van der Waals surface area contributed by atoms with E-state index in [1.165, 1.54) is 0 Å². The average Bonchev–Trinajstić information content (AvgIpc) is 3.02. The zero-order valence-corrected chi connectivity index (χ0v) is 13.5. The molecule has 6 nitrogen and oxygen atoms in total. The van der Waals surface area contributed by atoms with Gasteiger partial charge in [-0.15, -0.1) is 12.4 Å². The van der Waals surface area contributed by atoms with Gasteiger partial charge >= 0.3 is 0 Å². The molecule has 2 aromatic rings. The molecule has 24 heavy (non-hydrogen) atoms. The van der Waals surface area contributed by atoms with Crippen LogP contribution in [0.5, 0.6) is 17.2 Å². The molecule has 1 aromatic carbocycles. The molecule has 1 aromatic heterocycles. The largest absolute Gasteiger partial charge is 0.488 e. The molecule has 1 aliphatic carbocycles. The molecule has 2 aliphatic heterocycles. The standard InChI is InChI=1S/C17H15N3O3.ClH/c18-15-14-10-7-8(1-3-11(10)23-16(14)15)22-12-5-6-19-17-9(12)2-4-13(21)20-17;/h1,3,5-7,14-16H,2,4,18H2,(H,19,20,21);1H/t14-,15-,16-;/m0./s1. The smallest absolute Gasteiger partial charge is 0.225 e. The van der Waals surface area contributed by atoms with Crippen LogP contribution < -0.4 is 20.5 Å². The number of fused-ring (bicyclic) bond motifs is 4. The van der Waals surface area contributed by atoms with Gasteiger partial charge in [0.2, 0.25) is 5.91 Å². The Morgan fingerprint density at radius 3 is 3.04 bits per heavy atom. The molecule has 1 saturated carbocycles. The highest BCUT2D eigenvalue weighted by molar-refractivity contribution is 5.93. The summed E-state index contributed by atoms with van der Waals surface area (Å²) in [4.78, 5) is 15.7. The van der Waals surface area contributed by atoms with Crippen LogP contribution in [0, 0.1) is 0 Å². The number of ether oxygens (including phenoxy) is 2. The third-order valence-corrected chi connectivity index (χ3v) is 4.71. The molecular formula is C17H16ClN3O3. The molecule has 3 aliphatic rings. The topological polar surface area (TPSA) is 86.5 Å². The minimum absolute atomic E-state index is 0. The van der Waals surface area contributed by atoms with E-state index in [1.807, 2.05) is 24.3 Å². The summed E-state index contributed by atoms with van der Waals surface area (Å²) in [6.45, 7) is 0. The van der Waals surface area contributed by atoms with Crippen molar-refractivity contribution < 1.29 is 14.3 Å². The Labute approximate surface area is 144 Å². The highest BCUT2D eigenvalue weighted by Crippen LogP contribution is 2.53. The van der Waals surface area contributed by atoms with Crippen molar-refractivity contribution in [3.8, 4) is 17.2 Å². The van der Waals surface area contributed by atoms with Crippen LogP contribution in [0.25, 0.3) is 0 Å². The van der Waals surface area contributed by atoms with E-state index < -0.39 is 0 Å². The molecule has 124 valence electrons. The van der Waals surface area contributed by atoms with E-state index in [0.29, 0.717) is 24.6 Å². The summed E-state index contributed by atoms with van der Waals surface area (Å²) in [5.41, 5.74) is 8.04. The van der Waals surface area contributed by atoms with Crippen LogP contribution in [-0.2, 0) is 11.2 Å². The Bertz CT molecular complexity index is 842. The molecule has 7 heteroatoms. The van der Waals surface area contributed by atoms with Crippen LogP contribution in [0.2, 0.25) is 0 Å². The third-order valence-electron chi connectivity index (χ3n) is 4.71. The van der Waals surface area contributed by atoms with Gasteiger partial charge in [0.15, 0.2) is 0 Å². The van der Waals surface area contributed by atoms with Crippen molar-refractivity contribution in [3.63, 3.8) is 0 Å². The van der Waals surface area contributed by atoms with Gasteiger partial charge in [-0.1, -0.05) is 0 Å². The van der Waals surface area contributed by atoms with E-state index in [-0.39, 0.29) is 30.5 Å². The van der Waals surface area contributed by atoms with E-state index in [9.17, 15) is 4.79 Å². The second kappa shape index (κ2) is 5.36. The second-order valence-electron chi connectivity index (χ2n) is 6.17. The first-order valence-corrected chi connectivity index (χ1v) is 7.72. The number of halogens is 1. The van der Waals surface area contributed by atoms with Gasteiger partial charge in [-0.05, 0) is 30.7 Å². The van der Waals surface area contributed by atoms with Crippen molar-refractivity contribution in [2.75, 3.05) is 5.32 Å². The lowest BCUT2D eigenvalue weighted by molar-refractivity contribution is -0.116. The minimum Gasteiger partial charge on any atom is -0.488 e. The number of pyridine rings is 1. The lowest BCUT2D eigenvalue weighted by Crippen LogP contribution is -2.20. The molecule has 1 fully saturated rings. The SMILES string of the molecule is Cl.N[C@@H]1[C@H]2Oc3ccc(Oc4ccnc5c4CCC(=O)N5)cc3[C@@H]12. The molecular weight excluding hydrogens is 330 g/mol. The van der Waals surface area contributed by atoms with E-state index in [2.05, 4.69) is 10.3 Å². The molecule has 3 N–H and O–H groups in total. The number of rotatable bonds is 2. The first-order chi connectivity index (χ1) is 11.2. The Morgan fingerprint density at radius 2 is 2.17 bits per heavy atom. The van der Waals surface area contributed by atoms with Crippen LogP contribution in [0.1, 0.15) is 23.5 Å². The van der Waals surface area contributed by atoms with Gasteiger partial charge < -0.3 is 20.5 Å². The monoisotopic (exact) mass is 345 g/mol. The van der Waals surface area contributed by atoms with Gasteiger partial charge in [-0.25, -0.2) is 4.98 Å². The predicted molar refractivity (Wildman–Crippen MR) is 90.1 cm³/mol. The quantitative estimate of drug-likeness (QED) is 0.872. The van der Waals surface area contributed by atoms with Crippen molar-refractivity contribution in [1.82, 2.24) is 4.98 Å². The summed E-state index contributed by atoms with van der Waals surface area (Å²) in [7, 11) is 0. The number of anilines is 1. The van der Waals surface area contributed by atoms with E-state index >= 15 is 0 Å². The van der Waals surface area contributed by atoms with E-state index in [0.717, 1.165) is 28.4 Å². The van der Waals surface area contributed by atoms with Crippen molar-refractivity contribution in [3.05, 3.63) is 41.6 Å². The fraction of sp³-hybridized carbons (Fsp3) is 0.294. The number of nitrogens with one attached hydrogen (secondary N) is 1. The Kier molecular flexibility index (Phi) is 3.40. The highest BCUT2D eigenvalue weighted by atomic mass is 35.5. The molecule has 3 atom stereocenters. The number of benzene rings is 1. The Morgan fingerprint density at radius 1 is 1.29 bits per heavy atom. The summed E-state index contributed by atoms with van der Waals surface area (Å²) in [5, 5.41) is 2.78. The van der Waals surface area contributed by atoms with Gasteiger partial charge in [0, 0.05) is 29.7 Å². The first-order valence-electron chi connectivity index (χ1n) is 7.72. The third kappa shape index (κ3) is 2.22. The van der Waals surface area contributed by atoms with E-state index in [1.54, 1.807) is 6.20 Å². The summed E-state index contributed by atoms with van der Waals surface area (Å²) < 4.78 is 11.8. The lowest BCUT2D eigenvalue weighted by atomic mass is 10.1. The molecule has 1 amide bonds. The van der Waals surface area contributed by atoms with Crippen molar-refractivity contribution in [1.29, 1.82) is 0 Å². The number of nitrogens with two attached hydrogens (primary N) is 1. The highest BCUT2D eigenvalue weighted by Gasteiger charge is 2.56. The average molecular weight is 346 g/mol. The van der Waals surface area contributed by atoms with Crippen molar-refractivity contribution in [2.45, 2.75) is 30.9 Å². The zero-order valence-electron chi connectivity index (χ0n) is 12.7. The van der Waals surface area contributed by atoms with Crippen LogP contribution >= 0.6 is 12.4 Å². The minimum atomic E-state index is -0.00871. The normalized spacial score (nSPS) is 25.4. The van der Waals surface area contributed by atoms with Gasteiger partial charge in [0.25, 0.3) is 0 Å². The second-order valence-corrected chi connectivity index (χ2v) is 6.17. The lowest BCUT2D eigenvalue weighted by Gasteiger charge is -2.19. The zero-order chi connectivity index (χ0) is 15.6. The summed E-state index contributed by atoms with van der Waals surface area (Å²) in [6.07, 6.45) is 2.85. The first kappa shape index (κ1) is 15.2. The van der Waals surface area contributed by atoms with Gasteiger partial charge in [0.1, 0.15) is 29.2 Å².